The van der Waals surface area contributed by atoms with Crippen molar-refractivity contribution in [2.24, 2.45) is 5.10 Å². The third kappa shape index (κ3) is 4.35. The number of carbonyl (C=O) groups is 1. The van der Waals surface area contributed by atoms with Gasteiger partial charge >= 0.3 is 0 Å². The van der Waals surface area contributed by atoms with Gasteiger partial charge < -0.3 is 9.84 Å². The molecule has 0 aliphatic carbocycles. The largest absolute Gasteiger partial charge is 0.507 e. The van der Waals surface area contributed by atoms with Crippen LogP contribution >= 0.6 is 0 Å². The van der Waals surface area contributed by atoms with E-state index in [9.17, 15) is 9.90 Å². The number of aromatic hydroxyl groups is 1. The summed E-state index contributed by atoms with van der Waals surface area (Å²) in [6, 6.07) is 6.80. The number of amides is 1. The first-order chi connectivity index (χ1) is 9.25. The van der Waals surface area contributed by atoms with Crippen LogP contribution in [0.3, 0.4) is 0 Å². The van der Waals surface area contributed by atoms with Crippen molar-refractivity contribution >= 4 is 12.1 Å². The Morgan fingerprint density at radius 1 is 1.42 bits per heavy atom. The SMILES string of the molecule is O=C(CN1CCOCC1)N/N=C\c1ccccc1O. The monoisotopic (exact) mass is 263 g/mol. The van der Waals surface area contributed by atoms with Gasteiger partial charge in [-0.3, -0.25) is 9.69 Å². The molecule has 0 aromatic heterocycles. The van der Waals surface area contributed by atoms with Crippen LogP contribution in [0.1, 0.15) is 5.56 Å². The van der Waals surface area contributed by atoms with Crippen LogP contribution in [0.4, 0.5) is 0 Å². The number of hydrazone groups is 1. The number of hydrogen-bond acceptors (Lipinski definition) is 5. The lowest BCUT2D eigenvalue weighted by Crippen LogP contribution is -2.42. The summed E-state index contributed by atoms with van der Waals surface area (Å²) in [5, 5.41) is 13.3. The average Bonchev–Trinajstić information content (AvgIpc) is 2.42. The van der Waals surface area contributed by atoms with Crippen molar-refractivity contribution in [2.75, 3.05) is 32.8 Å². The van der Waals surface area contributed by atoms with E-state index >= 15 is 0 Å². The first kappa shape index (κ1) is 13.5. The van der Waals surface area contributed by atoms with Gasteiger partial charge in [0, 0.05) is 18.7 Å². The zero-order chi connectivity index (χ0) is 13.5. The number of morpholine rings is 1. The Bertz CT molecular complexity index is 456. The standard InChI is InChI=1S/C13H17N3O3/c17-12-4-2-1-3-11(12)9-14-15-13(18)10-16-5-7-19-8-6-16/h1-4,9,17H,5-8,10H2,(H,15,18)/b14-9-. The summed E-state index contributed by atoms with van der Waals surface area (Å²) in [5.74, 6) is -0.0396. The second-order valence-corrected chi connectivity index (χ2v) is 4.24. The Morgan fingerprint density at radius 3 is 2.89 bits per heavy atom. The summed E-state index contributed by atoms with van der Waals surface area (Å²) in [7, 11) is 0. The number of benzene rings is 1. The van der Waals surface area contributed by atoms with Gasteiger partial charge in [0.15, 0.2) is 0 Å². The van der Waals surface area contributed by atoms with Gasteiger partial charge in [-0.1, -0.05) is 12.1 Å². The Labute approximate surface area is 111 Å². The van der Waals surface area contributed by atoms with E-state index in [1.165, 1.54) is 6.21 Å². The summed E-state index contributed by atoms with van der Waals surface area (Å²) >= 11 is 0. The maximum Gasteiger partial charge on any atom is 0.254 e. The third-order valence-electron chi connectivity index (χ3n) is 2.80. The quantitative estimate of drug-likeness (QED) is 0.600. The molecule has 102 valence electrons. The normalized spacial score (nSPS) is 16.6. The Kier molecular flexibility index (Phi) is 4.88. The Hall–Kier alpha value is -1.92. The van der Waals surface area contributed by atoms with Crippen LogP contribution in [0.5, 0.6) is 5.75 Å². The van der Waals surface area contributed by atoms with E-state index in [4.69, 9.17) is 4.74 Å². The highest BCUT2D eigenvalue weighted by molar-refractivity contribution is 5.85. The molecule has 1 heterocycles. The van der Waals surface area contributed by atoms with Crippen LogP contribution in [0.15, 0.2) is 29.4 Å². The van der Waals surface area contributed by atoms with Crippen LogP contribution < -0.4 is 5.43 Å². The molecule has 1 aliphatic heterocycles. The van der Waals surface area contributed by atoms with E-state index in [-0.39, 0.29) is 11.7 Å². The number of phenolic OH excluding ortho intramolecular Hbond substituents is 1. The number of phenols is 1. The van der Waals surface area contributed by atoms with E-state index in [1.54, 1.807) is 24.3 Å². The van der Waals surface area contributed by atoms with Crippen molar-refractivity contribution in [1.29, 1.82) is 0 Å². The van der Waals surface area contributed by atoms with Gasteiger partial charge in [0.25, 0.3) is 5.91 Å². The minimum Gasteiger partial charge on any atom is -0.507 e. The number of nitrogens with one attached hydrogen (secondary N) is 1. The minimum absolute atomic E-state index is 0.133. The third-order valence-corrected chi connectivity index (χ3v) is 2.80. The lowest BCUT2D eigenvalue weighted by molar-refractivity contribution is -0.123. The molecule has 2 rings (SSSR count). The maximum atomic E-state index is 11.6. The van der Waals surface area contributed by atoms with Crippen molar-refractivity contribution in [2.45, 2.75) is 0 Å². The first-order valence-electron chi connectivity index (χ1n) is 6.16. The van der Waals surface area contributed by atoms with Crippen molar-refractivity contribution < 1.29 is 14.6 Å². The summed E-state index contributed by atoms with van der Waals surface area (Å²) in [4.78, 5) is 13.6. The second kappa shape index (κ2) is 6.86. The van der Waals surface area contributed by atoms with Gasteiger partial charge in [-0.05, 0) is 12.1 Å². The molecule has 1 saturated heterocycles. The van der Waals surface area contributed by atoms with Crippen molar-refractivity contribution in [3.05, 3.63) is 29.8 Å². The summed E-state index contributed by atoms with van der Waals surface area (Å²) < 4.78 is 5.20. The van der Waals surface area contributed by atoms with Crippen LogP contribution in [0, 0.1) is 0 Å². The van der Waals surface area contributed by atoms with Gasteiger partial charge in [-0.25, -0.2) is 5.43 Å². The van der Waals surface area contributed by atoms with Gasteiger partial charge in [0.1, 0.15) is 5.75 Å². The van der Waals surface area contributed by atoms with Crippen molar-refractivity contribution in [3.8, 4) is 5.75 Å². The number of carbonyl (C=O) groups excluding carboxylic acids is 1. The number of para-hydroxylation sites is 1. The predicted octanol–water partition coefficient (Wildman–Crippen LogP) is 0.175. The van der Waals surface area contributed by atoms with E-state index in [0.29, 0.717) is 25.3 Å². The Balaban J connectivity index is 1.78. The fraction of sp³-hybridized carbons (Fsp3) is 0.385. The van der Waals surface area contributed by atoms with Crippen LogP contribution in [-0.2, 0) is 9.53 Å². The van der Waals surface area contributed by atoms with Gasteiger partial charge in [0.05, 0.1) is 26.0 Å². The molecule has 0 unspecified atom stereocenters. The predicted molar refractivity (Wildman–Crippen MR) is 71.1 cm³/mol. The topological polar surface area (TPSA) is 74.2 Å². The van der Waals surface area contributed by atoms with Gasteiger partial charge in [-0.15, -0.1) is 0 Å². The number of ether oxygens (including phenoxy) is 1. The van der Waals surface area contributed by atoms with Gasteiger partial charge in [-0.2, -0.15) is 5.10 Å². The Morgan fingerprint density at radius 2 is 2.16 bits per heavy atom. The molecule has 1 aromatic carbocycles. The molecule has 0 bridgehead atoms. The van der Waals surface area contributed by atoms with Crippen LogP contribution in [0.25, 0.3) is 0 Å². The molecule has 0 spiro atoms. The number of rotatable bonds is 4. The van der Waals surface area contributed by atoms with Gasteiger partial charge in [0.2, 0.25) is 0 Å². The highest BCUT2D eigenvalue weighted by Crippen LogP contribution is 2.12. The molecule has 1 fully saturated rings. The molecular weight excluding hydrogens is 246 g/mol. The summed E-state index contributed by atoms with van der Waals surface area (Å²) in [5.41, 5.74) is 3.01. The van der Waals surface area contributed by atoms with E-state index in [0.717, 1.165) is 13.1 Å². The number of nitrogens with zero attached hydrogens (tertiary/aromatic N) is 2. The molecule has 1 aromatic rings. The molecule has 6 nitrogen and oxygen atoms in total. The zero-order valence-electron chi connectivity index (χ0n) is 10.6. The molecule has 0 atom stereocenters. The van der Waals surface area contributed by atoms with E-state index in [1.807, 2.05) is 4.90 Å². The molecular formula is C13H17N3O3. The van der Waals surface area contributed by atoms with E-state index < -0.39 is 0 Å². The van der Waals surface area contributed by atoms with Crippen molar-refractivity contribution in [3.63, 3.8) is 0 Å². The molecule has 0 radical (unpaired) electrons. The molecule has 19 heavy (non-hydrogen) atoms. The average molecular weight is 263 g/mol. The van der Waals surface area contributed by atoms with Crippen molar-refractivity contribution in [1.82, 2.24) is 10.3 Å². The fourth-order valence-electron chi connectivity index (χ4n) is 1.77. The maximum absolute atomic E-state index is 11.6. The second-order valence-electron chi connectivity index (χ2n) is 4.24. The number of hydrogen-bond donors (Lipinski definition) is 2. The fourth-order valence-corrected chi connectivity index (χ4v) is 1.77. The smallest absolute Gasteiger partial charge is 0.254 e. The minimum atomic E-state index is -0.173. The zero-order valence-corrected chi connectivity index (χ0v) is 10.6. The molecule has 1 aliphatic rings. The summed E-state index contributed by atoms with van der Waals surface area (Å²) in [6.07, 6.45) is 1.42. The molecule has 6 heteroatoms. The molecule has 2 N–H and O–H groups in total. The first-order valence-corrected chi connectivity index (χ1v) is 6.16. The van der Waals surface area contributed by atoms with Crippen LogP contribution in [0.2, 0.25) is 0 Å². The van der Waals surface area contributed by atoms with Crippen LogP contribution in [-0.4, -0.2) is 55.0 Å². The lowest BCUT2D eigenvalue weighted by atomic mass is 10.2. The lowest BCUT2D eigenvalue weighted by Gasteiger charge is -2.25. The molecule has 1 amide bonds. The highest BCUT2D eigenvalue weighted by Gasteiger charge is 2.13. The summed E-state index contributed by atoms with van der Waals surface area (Å²) in [6.45, 7) is 3.15. The molecule has 0 saturated carbocycles. The highest BCUT2D eigenvalue weighted by atomic mass is 16.5. The van der Waals surface area contributed by atoms with E-state index in [2.05, 4.69) is 10.5 Å².